The maximum atomic E-state index is 13.6. The molecule has 0 fully saturated rings. The summed E-state index contributed by atoms with van der Waals surface area (Å²) in [4.78, 5) is 3.86. The zero-order chi connectivity index (χ0) is 10.7. The first kappa shape index (κ1) is 9.35. The Bertz CT molecular complexity index is 515. The lowest BCUT2D eigenvalue weighted by molar-refractivity contribution is 0.631. The van der Waals surface area contributed by atoms with Gasteiger partial charge in [-0.15, -0.1) is 0 Å². The summed E-state index contributed by atoms with van der Waals surface area (Å²) < 4.78 is 13.6. The Kier molecular flexibility index (Phi) is 2.42. The van der Waals surface area contributed by atoms with E-state index in [1.165, 1.54) is 6.07 Å². The first-order chi connectivity index (χ1) is 7.31. The van der Waals surface area contributed by atoms with Gasteiger partial charge in [-0.05, 0) is 29.8 Å². The van der Waals surface area contributed by atoms with Crippen molar-refractivity contribution in [2.24, 2.45) is 0 Å². The summed E-state index contributed by atoms with van der Waals surface area (Å²) in [6.07, 6.45) is 3.21. The monoisotopic (exact) mass is 198 g/mol. The molecule has 0 amide bonds. The smallest absolute Gasteiger partial charge is 0.132 e. The second kappa shape index (κ2) is 3.89. The maximum Gasteiger partial charge on any atom is 0.132 e. The lowest BCUT2D eigenvalue weighted by Crippen LogP contribution is -1.86. The predicted molar refractivity (Wildman–Crippen MR) is 54.3 cm³/mol. The summed E-state index contributed by atoms with van der Waals surface area (Å²) in [5.74, 6) is -0.389. The van der Waals surface area contributed by atoms with Gasteiger partial charge >= 0.3 is 0 Å². The molecule has 0 aliphatic carbocycles. The van der Waals surface area contributed by atoms with Gasteiger partial charge in [0.25, 0.3) is 0 Å². The molecule has 0 aliphatic rings. The standard InChI is InChI=1S/C12H7FN2/c13-12-7-9(8-14)1-2-11(12)10-3-5-15-6-4-10/h1-7H. The molecular formula is C12H7FN2. The maximum absolute atomic E-state index is 13.6. The molecule has 0 saturated heterocycles. The first-order valence-corrected chi connectivity index (χ1v) is 4.41. The Balaban J connectivity index is 2.52. The van der Waals surface area contributed by atoms with E-state index in [1.807, 2.05) is 6.07 Å². The molecule has 1 aromatic carbocycles. The summed E-state index contributed by atoms with van der Waals surface area (Å²) in [7, 11) is 0. The van der Waals surface area contributed by atoms with Crippen LogP contribution >= 0.6 is 0 Å². The second-order valence-electron chi connectivity index (χ2n) is 3.04. The number of benzene rings is 1. The van der Waals surface area contributed by atoms with Crippen LogP contribution in [0.4, 0.5) is 4.39 Å². The molecule has 0 radical (unpaired) electrons. The van der Waals surface area contributed by atoms with Gasteiger partial charge in [-0.3, -0.25) is 4.98 Å². The van der Waals surface area contributed by atoms with Crippen LogP contribution in [0.5, 0.6) is 0 Å². The summed E-state index contributed by atoms with van der Waals surface area (Å²) in [5, 5.41) is 8.60. The van der Waals surface area contributed by atoms with Gasteiger partial charge in [-0.25, -0.2) is 4.39 Å². The largest absolute Gasteiger partial charge is 0.265 e. The van der Waals surface area contributed by atoms with E-state index in [2.05, 4.69) is 4.98 Å². The van der Waals surface area contributed by atoms with Crippen LogP contribution in [-0.4, -0.2) is 4.98 Å². The van der Waals surface area contributed by atoms with Crippen LogP contribution in [0.2, 0.25) is 0 Å². The minimum Gasteiger partial charge on any atom is -0.265 e. The molecule has 2 aromatic rings. The quantitative estimate of drug-likeness (QED) is 0.706. The van der Waals surface area contributed by atoms with Gasteiger partial charge in [0.05, 0.1) is 11.6 Å². The highest BCUT2D eigenvalue weighted by atomic mass is 19.1. The van der Waals surface area contributed by atoms with Crippen molar-refractivity contribution in [1.82, 2.24) is 4.98 Å². The summed E-state index contributed by atoms with van der Waals surface area (Å²) in [6.45, 7) is 0. The number of nitrogens with zero attached hydrogens (tertiary/aromatic N) is 2. The number of hydrogen-bond acceptors (Lipinski definition) is 2. The van der Waals surface area contributed by atoms with Crippen LogP contribution in [0.3, 0.4) is 0 Å². The number of nitriles is 1. The van der Waals surface area contributed by atoms with Crippen molar-refractivity contribution in [3.05, 3.63) is 54.1 Å². The third-order valence-corrected chi connectivity index (χ3v) is 2.09. The molecule has 15 heavy (non-hydrogen) atoms. The molecule has 0 saturated carbocycles. The number of pyridine rings is 1. The zero-order valence-electron chi connectivity index (χ0n) is 7.81. The van der Waals surface area contributed by atoms with E-state index in [-0.39, 0.29) is 5.82 Å². The number of halogens is 1. The molecule has 0 N–H and O–H groups in total. The van der Waals surface area contributed by atoms with Gasteiger partial charge in [-0.2, -0.15) is 5.26 Å². The Morgan fingerprint density at radius 3 is 2.47 bits per heavy atom. The third kappa shape index (κ3) is 1.84. The predicted octanol–water partition coefficient (Wildman–Crippen LogP) is 2.76. The van der Waals surface area contributed by atoms with Gasteiger partial charge in [0.2, 0.25) is 0 Å². The Hall–Kier alpha value is -2.21. The molecule has 1 heterocycles. The molecule has 3 heteroatoms. The molecule has 0 bridgehead atoms. The molecule has 0 aliphatic heterocycles. The van der Waals surface area contributed by atoms with E-state index in [4.69, 9.17) is 5.26 Å². The number of rotatable bonds is 1. The van der Waals surface area contributed by atoms with Crippen LogP contribution < -0.4 is 0 Å². The van der Waals surface area contributed by atoms with Crippen molar-refractivity contribution in [2.45, 2.75) is 0 Å². The van der Waals surface area contributed by atoms with E-state index in [1.54, 1.807) is 36.7 Å². The molecule has 1 aromatic heterocycles. The first-order valence-electron chi connectivity index (χ1n) is 4.41. The van der Waals surface area contributed by atoms with Crippen molar-refractivity contribution >= 4 is 0 Å². The topological polar surface area (TPSA) is 36.7 Å². The minimum atomic E-state index is -0.389. The van der Waals surface area contributed by atoms with Crippen molar-refractivity contribution in [3.63, 3.8) is 0 Å². The molecule has 72 valence electrons. The fraction of sp³-hybridized carbons (Fsp3) is 0. The molecule has 0 spiro atoms. The van der Waals surface area contributed by atoms with E-state index in [0.717, 1.165) is 5.56 Å². The Morgan fingerprint density at radius 2 is 1.87 bits per heavy atom. The fourth-order valence-corrected chi connectivity index (χ4v) is 1.35. The second-order valence-corrected chi connectivity index (χ2v) is 3.04. The van der Waals surface area contributed by atoms with Crippen molar-refractivity contribution in [3.8, 4) is 17.2 Å². The third-order valence-electron chi connectivity index (χ3n) is 2.09. The highest BCUT2D eigenvalue weighted by molar-refractivity contribution is 5.64. The average Bonchev–Trinajstić information content (AvgIpc) is 2.30. The number of aromatic nitrogens is 1. The number of hydrogen-bond donors (Lipinski definition) is 0. The van der Waals surface area contributed by atoms with Crippen LogP contribution in [-0.2, 0) is 0 Å². The Morgan fingerprint density at radius 1 is 1.13 bits per heavy atom. The molecule has 0 unspecified atom stereocenters. The summed E-state index contributed by atoms with van der Waals surface area (Å²) >= 11 is 0. The molecule has 0 atom stereocenters. The van der Waals surface area contributed by atoms with Gasteiger partial charge < -0.3 is 0 Å². The van der Waals surface area contributed by atoms with Crippen molar-refractivity contribution in [1.29, 1.82) is 5.26 Å². The minimum absolute atomic E-state index is 0.324. The SMILES string of the molecule is N#Cc1ccc(-c2ccncc2)c(F)c1. The van der Waals surface area contributed by atoms with Crippen LogP contribution in [0.1, 0.15) is 5.56 Å². The molecular weight excluding hydrogens is 191 g/mol. The van der Waals surface area contributed by atoms with E-state index in [9.17, 15) is 4.39 Å². The Labute approximate surface area is 86.6 Å². The highest BCUT2D eigenvalue weighted by Crippen LogP contribution is 2.22. The molecule has 2 nitrogen and oxygen atoms in total. The van der Waals surface area contributed by atoms with Crippen molar-refractivity contribution in [2.75, 3.05) is 0 Å². The summed E-state index contributed by atoms with van der Waals surface area (Å²) in [6, 6.07) is 9.78. The molecule has 2 rings (SSSR count). The summed E-state index contributed by atoms with van der Waals surface area (Å²) in [5.41, 5.74) is 1.56. The van der Waals surface area contributed by atoms with E-state index < -0.39 is 0 Å². The van der Waals surface area contributed by atoms with Crippen LogP contribution in [0.25, 0.3) is 11.1 Å². The zero-order valence-corrected chi connectivity index (χ0v) is 7.81. The van der Waals surface area contributed by atoms with E-state index in [0.29, 0.717) is 11.1 Å². The lowest BCUT2D eigenvalue weighted by Gasteiger charge is -2.02. The lowest BCUT2D eigenvalue weighted by atomic mass is 10.0. The van der Waals surface area contributed by atoms with Gasteiger partial charge in [0.15, 0.2) is 0 Å². The van der Waals surface area contributed by atoms with Crippen molar-refractivity contribution < 1.29 is 4.39 Å². The van der Waals surface area contributed by atoms with Gasteiger partial charge in [0.1, 0.15) is 5.82 Å². The van der Waals surface area contributed by atoms with E-state index >= 15 is 0 Å². The normalized spacial score (nSPS) is 9.60. The average molecular weight is 198 g/mol. The fourth-order valence-electron chi connectivity index (χ4n) is 1.35. The van der Waals surface area contributed by atoms with Crippen LogP contribution in [0, 0.1) is 17.1 Å². The highest BCUT2D eigenvalue weighted by Gasteiger charge is 2.05. The van der Waals surface area contributed by atoms with Gasteiger partial charge in [0, 0.05) is 18.0 Å². The van der Waals surface area contributed by atoms with Crippen LogP contribution in [0.15, 0.2) is 42.7 Å². The van der Waals surface area contributed by atoms with Gasteiger partial charge in [-0.1, -0.05) is 6.07 Å².